The SMILES string of the molecule is COC(OC)(c1ccc(CC(C)C)cc1)C(C)Br. The molecule has 0 heterocycles. The number of rotatable bonds is 6. The van der Waals surface area contributed by atoms with Crippen LogP contribution in [-0.2, 0) is 21.7 Å². The molecule has 0 bridgehead atoms. The van der Waals surface area contributed by atoms with Crippen LogP contribution in [0, 0.1) is 5.92 Å². The maximum atomic E-state index is 5.59. The molecule has 0 saturated heterocycles. The molecule has 0 N–H and O–H groups in total. The van der Waals surface area contributed by atoms with Crippen molar-refractivity contribution in [1.82, 2.24) is 0 Å². The predicted molar refractivity (Wildman–Crippen MR) is 79.1 cm³/mol. The van der Waals surface area contributed by atoms with Crippen molar-refractivity contribution < 1.29 is 9.47 Å². The van der Waals surface area contributed by atoms with Crippen molar-refractivity contribution in [2.45, 2.75) is 37.8 Å². The van der Waals surface area contributed by atoms with E-state index in [0.29, 0.717) is 5.92 Å². The summed E-state index contributed by atoms with van der Waals surface area (Å²) in [7, 11) is 3.34. The third-order valence-corrected chi connectivity index (χ3v) is 3.73. The molecule has 102 valence electrons. The molecule has 18 heavy (non-hydrogen) atoms. The largest absolute Gasteiger partial charge is 0.348 e. The van der Waals surface area contributed by atoms with E-state index < -0.39 is 5.79 Å². The first-order chi connectivity index (χ1) is 8.46. The van der Waals surface area contributed by atoms with Crippen LogP contribution in [0.25, 0.3) is 0 Å². The number of benzene rings is 1. The van der Waals surface area contributed by atoms with Gasteiger partial charge in [0.15, 0.2) is 0 Å². The summed E-state index contributed by atoms with van der Waals surface area (Å²) in [5, 5.41) is 0. The molecule has 0 saturated carbocycles. The number of hydrogen-bond donors (Lipinski definition) is 0. The molecule has 1 rings (SSSR count). The zero-order chi connectivity index (χ0) is 13.8. The molecule has 0 fully saturated rings. The van der Waals surface area contributed by atoms with Crippen molar-refractivity contribution in [1.29, 1.82) is 0 Å². The highest BCUT2D eigenvalue weighted by molar-refractivity contribution is 9.09. The molecule has 2 nitrogen and oxygen atoms in total. The van der Waals surface area contributed by atoms with Gasteiger partial charge in [0, 0.05) is 19.8 Å². The standard InChI is InChI=1S/C15H23BrO2/c1-11(2)10-13-6-8-14(9-7-13)15(17-4,18-5)12(3)16/h6-9,11-12H,10H2,1-5H3. The van der Waals surface area contributed by atoms with Gasteiger partial charge in [0.05, 0.1) is 4.83 Å². The third-order valence-electron chi connectivity index (χ3n) is 3.13. The second kappa shape index (κ2) is 6.69. The van der Waals surface area contributed by atoms with Crippen molar-refractivity contribution in [2.75, 3.05) is 14.2 Å². The first-order valence-electron chi connectivity index (χ1n) is 6.30. The minimum atomic E-state index is -0.726. The van der Waals surface area contributed by atoms with Gasteiger partial charge in [-0.3, -0.25) is 0 Å². The van der Waals surface area contributed by atoms with E-state index in [1.54, 1.807) is 14.2 Å². The Morgan fingerprint density at radius 2 is 1.56 bits per heavy atom. The van der Waals surface area contributed by atoms with Crippen LogP contribution in [0.2, 0.25) is 0 Å². The monoisotopic (exact) mass is 314 g/mol. The number of alkyl halides is 1. The third kappa shape index (κ3) is 3.34. The van der Waals surface area contributed by atoms with Gasteiger partial charge in [-0.1, -0.05) is 54.0 Å². The van der Waals surface area contributed by atoms with Gasteiger partial charge in [-0.05, 0) is 24.8 Å². The highest BCUT2D eigenvalue weighted by Gasteiger charge is 2.37. The summed E-state index contributed by atoms with van der Waals surface area (Å²) < 4.78 is 11.2. The highest BCUT2D eigenvalue weighted by atomic mass is 79.9. The number of hydrogen-bond acceptors (Lipinski definition) is 2. The Morgan fingerprint density at radius 1 is 1.06 bits per heavy atom. The molecule has 1 aromatic rings. The minimum Gasteiger partial charge on any atom is -0.348 e. The van der Waals surface area contributed by atoms with E-state index in [1.807, 2.05) is 6.92 Å². The summed E-state index contributed by atoms with van der Waals surface area (Å²) in [5.74, 6) is -0.0587. The van der Waals surface area contributed by atoms with Crippen LogP contribution in [0.4, 0.5) is 0 Å². The van der Waals surface area contributed by atoms with Gasteiger partial charge < -0.3 is 9.47 Å². The summed E-state index contributed by atoms with van der Waals surface area (Å²) in [6.07, 6.45) is 1.09. The lowest BCUT2D eigenvalue weighted by Crippen LogP contribution is -2.38. The Labute approximate surface area is 119 Å². The molecule has 0 aliphatic rings. The van der Waals surface area contributed by atoms with E-state index in [1.165, 1.54) is 5.56 Å². The first kappa shape index (κ1) is 15.7. The first-order valence-corrected chi connectivity index (χ1v) is 7.21. The molecule has 0 amide bonds. The fourth-order valence-corrected chi connectivity index (χ4v) is 2.86. The van der Waals surface area contributed by atoms with Crippen LogP contribution in [0.15, 0.2) is 24.3 Å². The Hall–Kier alpha value is -0.380. The van der Waals surface area contributed by atoms with E-state index in [0.717, 1.165) is 12.0 Å². The second-order valence-corrected chi connectivity index (χ2v) is 6.36. The Balaban J connectivity index is 3.01. The van der Waals surface area contributed by atoms with Crippen molar-refractivity contribution in [3.05, 3.63) is 35.4 Å². The smallest absolute Gasteiger partial charge is 0.206 e. The van der Waals surface area contributed by atoms with Crippen LogP contribution < -0.4 is 0 Å². The molecule has 0 aliphatic carbocycles. The zero-order valence-corrected chi connectivity index (χ0v) is 13.5. The molecule has 1 unspecified atom stereocenters. The maximum absolute atomic E-state index is 5.59. The lowest BCUT2D eigenvalue weighted by molar-refractivity contribution is -0.212. The second-order valence-electron chi connectivity index (χ2n) is 4.99. The summed E-state index contributed by atoms with van der Waals surface area (Å²) in [5.41, 5.74) is 2.38. The van der Waals surface area contributed by atoms with Crippen molar-refractivity contribution in [3.63, 3.8) is 0 Å². The summed E-state index contributed by atoms with van der Waals surface area (Å²) >= 11 is 3.56. The Kier molecular flexibility index (Phi) is 5.83. The molecule has 1 atom stereocenters. The lowest BCUT2D eigenvalue weighted by Gasteiger charge is -2.34. The lowest BCUT2D eigenvalue weighted by atomic mass is 9.97. The number of halogens is 1. The van der Waals surface area contributed by atoms with Crippen LogP contribution >= 0.6 is 15.9 Å². The normalized spacial score (nSPS) is 13.9. The molecular formula is C15H23BrO2. The van der Waals surface area contributed by atoms with Gasteiger partial charge in [0.1, 0.15) is 0 Å². The topological polar surface area (TPSA) is 18.5 Å². The van der Waals surface area contributed by atoms with Gasteiger partial charge >= 0.3 is 0 Å². The molecule has 0 aliphatic heterocycles. The fourth-order valence-electron chi connectivity index (χ4n) is 2.22. The van der Waals surface area contributed by atoms with Crippen LogP contribution in [0.5, 0.6) is 0 Å². The van der Waals surface area contributed by atoms with E-state index in [-0.39, 0.29) is 4.83 Å². The predicted octanol–water partition coefficient (Wildman–Crippen LogP) is 4.11. The molecule has 0 aromatic heterocycles. The van der Waals surface area contributed by atoms with Gasteiger partial charge in [-0.25, -0.2) is 0 Å². The van der Waals surface area contributed by atoms with Crippen molar-refractivity contribution in [3.8, 4) is 0 Å². The summed E-state index contributed by atoms with van der Waals surface area (Å²) in [6, 6.07) is 8.47. The molecule has 0 spiro atoms. The highest BCUT2D eigenvalue weighted by Crippen LogP contribution is 2.34. The Morgan fingerprint density at radius 3 is 1.89 bits per heavy atom. The quantitative estimate of drug-likeness (QED) is 0.581. The maximum Gasteiger partial charge on any atom is 0.206 e. The van der Waals surface area contributed by atoms with Crippen molar-refractivity contribution >= 4 is 15.9 Å². The van der Waals surface area contributed by atoms with Crippen LogP contribution in [0.3, 0.4) is 0 Å². The van der Waals surface area contributed by atoms with Gasteiger partial charge in [-0.2, -0.15) is 0 Å². The summed E-state index contributed by atoms with van der Waals surface area (Å²) in [6.45, 7) is 6.47. The average molecular weight is 315 g/mol. The van der Waals surface area contributed by atoms with E-state index in [9.17, 15) is 0 Å². The number of ether oxygens (including phenoxy) is 2. The van der Waals surface area contributed by atoms with E-state index in [4.69, 9.17) is 9.47 Å². The van der Waals surface area contributed by atoms with Gasteiger partial charge in [-0.15, -0.1) is 0 Å². The fraction of sp³-hybridized carbons (Fsp3) is 0.600. The summed E-state index contributed by atoms with van der Waals surface area (Å²) in [4.78, 5) is 0.0657. The zero-order valence-electron chi connectivity index (χ0n) is 11.9. The molecular weight excluding hydrogens is 292 g/mol. The van der Waals surface area contributed by atoms with Gasteiger partial charge in [0.25, 0.3) is 0 Å². The van der Waals surface area contributed by atoms with E-state index >= 15 is 0 Å². The molecule has 3 heteroatoms. The van der Waals surface area contributed by atoms with Crippen molar-refractivity contribution in [2.24, 2.45) is 5.92 Å². The molecule has 1 aromatic carbocycles. The van der Waals surface area contributed by atoms with E-state index in [2.05, 4.69) is 54.0 Å². The van der Waals surface area contributed by atoms with Crippen LogP contribution in [0.1, 0.15) is 31.9 Å². The van der Waals surface area contributed by atoms with Crippen LogP contribution in [-0.4, -0.2) is 19.0 Å². The minimum absolute atomic E-state index is 0.0657. The Bertz CT molecular complexity index is 353. The average Bonchev–Trinajstić information content (AvgIpc) is 2.32. The number of methoxy groups -OCH3 is 2. The molecule has 0 radical (unpaired) electrons. The van der Waals surface area contributed by atoms with Gasteiger partial charge in [0.2, 0.25) is 5.79 Å².